The molecular weight excluding hydrogens is 316 g/mol. The number of nitrogens with zero attached hydrogens (tertiary/aromatic N) is 4. The van der Waals surface area contributed by atoms with Crippen LogP contribution in [-0.4, -0.2) is 58.8 Å². The van der Waals surface area contributed by atoms with Crippen molar-refractivity contribution in [1.29, 1.82) is 0 Å². The predicted molar refractivity (Wildman–Crippen MR) is 97.8 cm³/mol. The molecule has 3 rings (SSSR count). The molecule has 1 unspecified atom stereocenters. The highest BCUT2D eigenvalue weighted by Gasteiger charge is 2.24. The van der Waals surface area contributed by atoms with Gasteiger partial charge in [-0.2, -0.15) is 5.10 Å². The van der Waals surface area contributed by atoms with E-state index in [0.29, 0.717) is 12.5 Å². The second-order valence-electron chi connectivity index (χ2n) is 6.30. The lowest BCUT2D eigenvalue weighted by Crippen LogP contribution is -2.47. The van der Waals surface area contributed by atoms with E-state index in [1.807, 2.05) is 37.4 Å². The molecule has 0 radical (unpaired) electrons. The van der Waals surface area contributed by atoms with Crippen molar-refractivity contribution in [3.63, 3.8) is 0 Å². The van der Waals surface area contributed by atoms with Gasteiger partial charge in [0.05, 0.1) is 6.54 Å². The van der Waals surface area contributed by atoms with Crippen molar-refractivity contribution >= 4 is 5.96 Å². The minimum absolute atomic E-state index is 0.0610. The summed E-state index contributed by atoms with van der Waals surface area (Å²) in [5.41, 5.74) is 0. The summed E-state index contributed by atoms with van der Waals surface area (Å²) in [4.78, 5) is 11.0. The van der Waals surface area contributed by atoms with Crippen molar-refractivity contribution in [2.75, 3.05) is 26.7 Å². The van der Waals surface area contributed by atoms with Crippen LogP contribution < -0.4 is 10.1 Å². The third-order valence-corrected chi connectivity index (χ3v) is 4.45. The first-order valence-corrected chi connectivity index (χ1v) is 8.79. The van der Waals surface area contributed by atoms with Crippen molar-refractivity contribution in [3.05, 3.63) is 42.5 Å². The van der Waals surface area contributed by atoms with Crippen LogP contribution in [0.4, 0.5) is 0 Å². The Hall–Kier alpha value is -2.57. The molecule has 25 heavy (non-hydrogen) atoms. The largest absolute Gasteiger partial charge is 0.489 e. The number of guanidine groups is 1. The maximum Gasteiger partial charge on any atom is 0.193 e. The summed E-state index contributed by atoms with van der Waals surface area (Å²) in [5, 5.41) is 10.4. The van der Waals surface area contributed by atoms with Gasteiger partial charge in [-0.25, -0.2) is 4.98 Å². The molecule has 7 nitrogen and oxygen atoms in total. The van der Waals surface area contributed by atoms with Crippen LogP contribution in [0.3, 0.4) is 0 Å². The van der Waals surface area contributed by atoms with E-state index in [-0.39, 0.29) is 6.10 Å². The summed E-state index contributed by atoms with van der Waals surface area (Å²) in [6.07, 6.45) is 3.74. The Kier molecular flexibility index (Phi) is 5.87. The molecule has 1 aromatic carbocycles. The van der Waals surface area contributed by atoms with Gasteiger partial charge in [0.15, 0.2) is 5.96 Å². The number of benzene rings is 1. The van der Waals surface area contributed by atoms with Gasteiger partial charge in [-0.05, 0) is 31.9 Å². The smallest absolute Gasteiger partial charge is 0.193 e. The maximum atomic E-state index is 5.91. The van der Waals surface area contributed by atoms with E-state index in [2.05, 4.69) is 37.3 Å². The fourth-order valence-corrected chi connectivity index (χ4v) is 3.12. The molecule has 2 aromatic rings. The predicted octanol–water partition coefficient (Wildman–Crippen LogP) is 2.03. The summed E-state index contributed by atoms with van der Waals surface area (Å²) in [6, 6.07) is 9.89. The van der Waals surface area contributed by atoms with Crippen molar-refractivity contribution in [3.8, 4) is 5.75 Å². The molecule has 1 fully saturated rings. The summed E-state index contributed by atoms with van der Waals surface area (Å²) in [6.45, 7) is 4.69. The van der Waals surface area contributed by atoms with Crippen LogP contribution >= 0.6 is 0 Å². The average molecular weight is 342 g/mol. The second kappa shape index (κ2) is 8.50. The minimum Gasteiger partial charge on any atom is -0.489 e. The molecule has 134 valence electrons. The molecular formula is C18H26N6O. The molecule has 2 N–H and O–H groups in total. The standard InChI is InChI=1S/C18H26N6O/c1-14(25-16-6-4-3-5-7-16)12-20-18(19-2)24-10-8-15(9-11-24)17-21-13-22-23-17/h3-7,13-15H,8-12H2,1-2H3,(H,19,20)(H,21,22,23). The molecule has 7 heteroatoms. The van der Waals surface area contributed by atoms with Crippen LogP contribution in [0.1, 0.15) is 31.5 Å². The summed E-state index contributed by atoms with van der Waals surface area (Å²) in [5.74, 6) is 3.27. The quantitative estimate of drug-likeness (QED) is 0.642. The van der Waals surface area contributed by atoms with E-state index >= 15 is 0 Å². The van der Waals surface area contributed by atoms with Gasteiger partial charge in [0.1, 0.15) is 24.0 Å². The van der Waals surface area contributed by atoms with Gasteiger partial charge in [0, 0.05) is 26.1 Å². The number of ether oxygens (including phenoxy) is 1. The van der Waals surface area contributed by atoms with Gasteiger partial charge in [-0.1, -0.05) is 18.2 Å². The number of nitrogens with one attached hydrogen (secondary N) is 2. The molecule has 0 spiro atoms. The van der Waals surface area contributed by atoms with Crippen LogP contribution in [0.25, 0.3) is 0 Å². The number of hydrogen-bond donors (Lipinski definition) is 2. The number of aromatic nitrogens is 3. The van der Waals surface area contributed by atoms with Crippen LogP contribution in [0, 0.1) is 0 Å². The monoisotopic (exact) mass is 342 g/mol. The van der Waals surface area contributed by atoms with Gasteiger partial charge >= 0.3 is 0 Å². The highest BCUT2D eigenvalue weighted by Crippen LogP contribution is 2.24. The number of rotatable bonds is 5. The van der Waals surface area contributed by atoms with Crippen molar-refractivity contribution in [2.24, 2.45) is 4.99 Å². The molecule has 1 aliphatic rings. The Balaban J connectivity index is 1.45. The zero-order chi connectivity index (χ0) is 17.5. The van der Waals surface area contributed by atoms with Crippen LogP contribution in [-0.2, 0) is 0 Å². The highest BCUT2D eigenvalue weighted by atomic mass is 16.5. The molecule has 1 atom stereocenters. The third-order valence-electron chi connectivity index (χ3n) is 4.45. The molecule has 1 aliphatic heterocycles. The topological polar surface area (TPSA) is 78.4 Å². The van der Waals surface area contributed by atoms with Gasteiger partial charge in [0.25, 0.3) is 0 Å². The summed E-state index contributed by atoms with van der Waals surface area (Å²) >= 11 is 0. The van der Waals surface area contributed by atoms with Gasteiger partial charge < -0.3 is 15.0 Å². The molecule has 0 aliphatic carbocycles. The van der Waals surface area contributed by atoms with E-state index in [1.165, 1.54) is 0 Å². The summed E-state index contributed by atoms with van der Waals surface area (Å²) < 4.78 is 5.91. The Morgan fingerprint density at radius 3 is 2.76 bits per heavy atom. The Morgan fingerprint density at radius 1 is 1.36 bits per heavy atom. The normalized spacial score (nSPS) is 17.4. The minimum atomic E-state index is 0.0610. The number of para-hydroxylation sites is 1. The Labute approximate surface area is 148 Å². The lowest BCUT2D eigenvalue weighted by atomic mass is 9.96. The fraction of sp³-hybridized carbons (Fsp3) is 0.500. The summed E-state index contributed by atoms with van der Waals surface area (Å²) in [7, 11) is 1.83. The Bertz CT molecular complexity index is 649. The molecule has 0 amide bonds. The van der Waals surface area contributed by atoms with E-state index in [1.54, 1.807) is 6.33 Å². The fourth-order valence-electron chi connectivity index (χ4n) is 3.12. The first-order valence-electron chi connectivity index (χ1n) is 8.79. The van der Waals surface area contributed by atoms with Crippen LogP contribution in [0.2, 0.25) is 0 Å². The molecule has 1 aromatic heterocycles. The highest BCUT2D eigenvalue weighted by molar-refractivity contribution is 5.80. The third kappa shape index (κ3) is 4.71. The van der Waals surface area contributed by atoms with Gasteiger partial charge in [-0.3, -0.25) is 10.1 Å². The number of likely N-dealkylation sites (tertiary alicyclic amines) is 1. The van der Waals surface area contributed by atoms with Gasteiger partial charge in [0.2, 0.25) is 0 Å². The van der Waals surface area contributed by atoms with Gasteiger partial charge in [-0.15, -0.1) is 0 Å². The van der Waals surface area contributed by atoms with E-state index in [4.69, 9.17) is 4.74 Å². The van der Waals surface area contributed by atoms with E-state index in [0.717, 1.165) is 43.5 Å². The zero-order valence-electron chi connectivity index (χ0n) is 14.9. The molecule has 0 bridgehead atoms. The van der Waals surface area contributed by atoms with Crippen LogP contribution in [0.5, 0.6) is 5.75 Å². The van der Waals surface area contributed by atoms with E-state index < -0.39 is 0 Å². The molecule has 2 heterocycles. The number of piperidine rings is 1. The number of aliphatic imine (C=N–C) groups is 1. The molecule has 0 saturated carbocycles. The Morgan fingerprint density at radius 2 is 2.12 bits per heavy atom. The maximum absolute atomic E-state index is 5.91. The first kappa shape index (κ1) is 17.3. The van der Waals surface area contributed by atoms with E-state index in [9.17, 15) is 0 Å². The SMILES string of the molecule is CN=C(NCC(C)Oc1ccccc1)N1CCC(c2ncn[nH]2)CC1. The molecule has 1 saturated heterocycles. The number of aromatic amines is 1. The number of hydrogen-bond acceptors (Lipinski definition) is 4. The second-order valence-corrected chi connectivity index (χ2v) is 6.30. The van der Waals surface area contributed by atoms with Crippen LogP contribution in [0.15, 0.2) is 41.7 Å². The average Bonchev–Trinajstić information content (AvgIpc) is 3.18. The van der Waals surface area contributed by atoms with Crippen molar-refractivity contribution < 1.29 is 4.74 Å². The first-order chi connectivity index (χ1) is 12.3. The zero-order valence-corrected chi connectivity index (χ0v) is 14.9. The number of H-pyrrole nitrogens is 1. The lowest BCUT2D eigenvalue weighted by molar-refractivity contribution is 0.220. The van der Waals surface area contributed by atoms with Crippen molar-refractivity contribution in [1.82, 2.24) is 25.4 Å². The van der Waals surface area contributed by atoms with Crippen molar-refractivity contribution in [2.45, 2.75) is 31.8 Å². The lowest BCUT2D eigenvalue weighted by Gasteiger charge is -2.33.